The minimum atomic E-state index is -1.13. The summed E-state index contributed by atoms with van der Waals surface area (Å²) in [5.41, 5.74) is 0.494. The Kier molecular flexibility index (Phi) is 11.7. The molecule has 0 aliphatic carbocycles. The number of aliphatic imine (C=N–C) groups is 3. The van der Waals surface area contributed by atoms with E-state index in [4.69, 9.17) is 221 Å². The van der Waals surface area contributed by atoms with Gasteiger partial charge in [-0.1, -0.05) is 186 Å². The number of fused-ring (bicyclic) bond motifs is 18. The van der Waals surface area contributed by atoms with E-state index in [2.05, 4.69) is 5.32 Å². The van der Waals surface area contributed by atoms with Crippen molar-refractivity contribution in [3.8, 4) is 0 Å². The van der Waals surface area contributed by atoms with Gasteiger partial charge in [0.15, 0.2) is 0 Å². The van der Waals surface area contributed by atoms with Crippen molar-refractivity contribution in [2.45, 2.75) is 6.17 Å². The van der Waals surface area contributed by atoms with Crippen LogP contribution in [0.15, 0.2) is 25.0 Å². The maximum absolute atomic E-state index is 6.86. The maximum atomic E-state index is 6.86. The molecule has 2 aromatic heterocycles. The second-order valence-electron chi connectivity index (χ2n) is 11.7. The summed E-state index contributed by atoms with van der Waals surface area (Å²) in [6.07, 6.45) is -1.13. The Morgan fingerprint density at radius 1 is 0.368 bits per heavy atom. The number of aromatic nitrogens is 2. The van der Waals surface area contributed by atoms with Gasteiger partial charge in [0.25, 0.3) is 0 Å². The van der Waals surface area contributed by atoms with Gasteiger partial charge in [-0.05, 0) is 0 Å². The van der Waals surface area contributed by atoms with Gasteiger partial charge in [-0.2, -0.15) is 0 Å². The fourth-order valence-corrected chi connectivity index (χ4v) is 10.4. The Labute approximate surface area is 408 Å². The van der Waals surface area contributed by atoms with Crippen molar-refractivity contribution in [1.29, 1.82) is 0 Å². The van der Waals surface area contributed by atoms with Crippen LogP contribution in [0.1, 0.15) is 28.4 Å². The van der Waals surface area contributed by atoms with E-state index >= 15 is 0 Å². The van der Waals surface area contributed by atoms with Gasteiger partial charge in [0.1, 0.15) is 6.17 Å². The molecule has 8 nitrogen and oxygen atoms in total. The van der Waals surface area contributed by atoms with Gasteiger partial charge in [-0.15, -0.1) is 0 Å². The summed E-state index contributed by atoms with van der Waals surface area (Å²) in [6.45, 7) is 0. The maximum Gasteiger partial charge on any atom is 2.00 e. The fourth-order valence-electron chi connectivity index (χ4n) is 6.31. The third-order valence-corrected chi connectivity index (χ3v) is 16.0. The van der Waals surface area contributed by atoms with Gasteiger partial charge in [-0.25, -0.2) is 4.99 Å². The number of nitrogens with zero attached hydrogens (tertiary/aromatic N) is 7. The average molecular weight is 1130 g/mol. The molecule has 1 atom stereocenters. The topological polar surface area (TPSA) is 102 Å². The van der Waals surface area contributed by atoms with Crippen LogP contribution in [-0.2, 0) is 17.1 Å². The smallest absolute Gasteiger partial charge is 0.416 e. The molecule has 0 saturated heterocycles. The standard InChI is InChI=1S/C32H2Cl16N8.Cu/c33-9-1-2(10(34)18(42)17(9)41)26-49-25(1)53-27-3-4(12(36)20(44)19(43)11(3)35)29(50-27)55-31-7-8(16(40)24(48)23(47)15(7)39)32(52-31)56-30-6-5(28(51-30)54-26)13(37)21(45)22(46)14(6)38;/h25,53H;/q-2;+2. The molecule has 3 aliphatic heterocycles. The molecule has 8 bridgehead atoms. The zero-order valence-corrected chi connectivity index (χ0v) is 39.1. The van der Waals surface area contributed by atoms with E-state index in [0.717, 1.165) is 0 Å². The first-order valence-electron chi connectivity index (χ1n) is 14.8. The van der Waals surface area contributed by atoms with Crippen molar-refractivity contribution < 1.29 is 17.1 Å². The molecule has 1 radical (unpaired) electrons. The third-order valence-electron chi connectivity index (χ3n) is 8.76. The Bertz CT molecular complexity index is 3150. The van der Waals surface area contributed by atoms with E-state index < -0.39 is 6.17 Å². The van der Waals surface area contributed by atoms with Crippen LogP contribution >= 0.6 is 186 Å². The van der Waals surface area contributed by atoms with Crippen LogP contribution in [0.3, 0.4) is 0 Å². The Morgan fingerprint density at radius 3 is 1.30 bits per heavy atom. The average Bonchev–Trinajstić information content (AvgIpc) is 3.92. The number of benzene rings is 4. The number of nitrogens with one attached hydrogen (secondary N) is 1. The van der Waals surface area contributed by atoms with E-state index in [1.54, 1.807) is 0 Å². The number of anilines is 1. The van der Waals surface area contributed by atoms with Crippen LogP contribution in [0, 0.1) is 0 Å². The monoisotopic (exact) mass is 1120 g/mol. The zero-order valence-electron chi connectivity index (χ0n) is 26.1. The number of halogens is 16. The molecule has 6 aromatic rings. The Morgan fingerprint density at radius 2 is 0.772 bits per heavy atom. The first-order valence-corrected chi connectivity index (χ1v) is 20.8. The van der Waals surface area contributed by atoms with Crippen molar-refractivity contribution in [2.75, 3.05) is 5.32 Å². The summed E-state index contributed by atoms with van der Waals surface area (Å²) in [7, 11) is 0. The number of hydrogen-bond acceptors (Lipinski definition) is 6. The van der Waals surface area contributed by atoms with Crippen molar-refractivity contribution in [1.82, 2.24) is 9.97 Å². The molecule has 25 heteroatoms. The molecule has 0 fully saturated rings. The predicted molar refractivity (Wildman–Crippen MR) is 236 cm³/mol. The first kappa shape index (κ1) is 43.2. The van der Waals surface area contributed by atoms with Crippen molar-refractivity contribution in [3.63, 3.8) is 0 Å². The first-order chi connectivity index (χ1) is 26.4. The second-order valence-corrected chi connectivity index (χ2v) is 17.7. The van der Waals surface area contributed by atoms with Crippen molar-refractivity contribution in [3.05, 3.63) is 114 Å². The van der Waals surface area contributed by atoms with E-state index in [-0.39, 0.29) is 181 Å². The summed E-state index contributed by atoms with van der Waals surface area (Å²) in [6, 6.07) is 0. The normalized spacial score (nSPS) is 16.4. The molecule has 57 heavy (non-hydrogen) atoms. The summed E-state index contributed by atoms with van der Waals surface area (Å²) >= 11 is 107. The molecule has 1 unspecified atom stereocenters. The summed E-state index contributed by atoms with van der Waals surface area (Å²) in [4.78, 5) is 33.3. The molecule has 4 aromatic carbocycles. The Balaban J connectivity index is 0.00000455. The molecular weight excluding hydrogens is 1130 g/mol. The van der Waals surface area contributed by atoms with Gasteiger partial charge >= 0.3 is 17.1 Å². The van der Waals surface area contributed by atoms with E-state index in [9.17, 15) is 0 Å². The van der Waals surface area contributed by atoms with E-state index in [1.807, 2.05) is 0 Å². The van der Waals surface area contributed by atoms with Crippen LogP contribution in [0.2, 0.25) is 80.4 Å². The van der Waals surface area contributed by atoms with Gasteiger partial charge in [0.2, 0.25) is 0 Å². The largest absolute Gasteiger partial charge is 2.00 e. The molecule has 3 aliphatic rings. The van der Waals surface area contributed by atoms with E-state index in [1.165, 1.54) is 0 Å². The van der Waals surface area contributed by atoms with Crippen LogP contribution in [-0.4, -0.2) is 17.5 Å². The molecule has 0 saturated carbocycles. The molecule has 5 heterocycles. The molecular formula is C32H2Cl16CuN8. The SMILES string of the molecule is Clc1c(Cl)c(Cl)c2c(c1Cl)C1=N/C2=N\c2[n-]c(c3c(Cl)c(Cl)c(Cl)c(Cl)c23)NC2N=C(N=c3[n-]c(c4c(Cl)c(Cl)c(Cl)c(Cl)c34)=N1)c1c(Cl)c(Cl)c(Cl)c(Cl)c12.[Cu+2]. The third kappa shape index (κ3) is 6.25. The van der Waals surface area contributed by atoms with Gasteiger partial charge < -0.3 is 30.3 Å². The molecule has 9 rings (SSSR count). The molecule has 0 spiro atoms. The second kappa shape index (κ2) is 15.4. The van der Waals surface area contributed by atoms with Crippen LogP contribution in [0.5, 0.6) is 0 Å². The molecule has 0 amide bonds. The number of rotatable bonds is 0. The van der Waals surface area contributed by atoms with Crippen molar-refractivity contribution in [2.24, 2.45) is 25.0 Å². The number of amidine groups is 3. The van der Waals surface area contributed by atoms with Crippen LogP contribution in [0.25, 0.3) is 21.5 Å². The predicted octanol–water partition coefficient (Wildman–Crippen LogP) is 15.0. The molecule has 1 N–H and O–H groups in total. The number of hydrogen-bond donors (Lipinski definition) is 1. The summed E-state index contributed by atoms with van der Waals surface area (Å²) in [5.74, 6) is -0.239. The van der Waals surface area contributed by atoms with Gasteiger partial charge in [0, 0.05) is 66.4 Å². The zero-order chi connectivity index (χ0) is 40.1. The van der Waals surface area contributed by atoms with E-state index in [0.29, 0.717) is 0 Å². The minimum Gasteiger partial charge on any atom is -0.416 e. The summed E-state index contributed by atoms with van der Waals surface area (Å²) in [5, 5.41) is 2.70. The Hall–Kier alpha value is -0.471. The van der Waals surface area contributed by atoms with Crippen LogP contribution in [0.4, 0.5) is 11.6 Å². The fraction of sp³-hybridized carbons (Fsp3) is 0.0312. The summed E-state index contributed by atoms with van der Waals surface area (Å²) < 4.78 is 0. The van der Waals surface area contributed by atoms with Gasteiger partial charge in [-0.3, -0.25) is 4.99 Å². The van der Waals surface area contributed by atoms with Crippen LogP contribution < -0.4 is 26.3 Å². The van der Waals surface area contributed by atoms with Gasteiger partial charge in [0.05, 0.1) is 97.9 Å². The quantitative estimate of drug-likeness (QED) is 0.0931. The molecule has 293 valence electrons. The minimum absolute atomic E-state index is 0. The van der Waals surface area contributed by atoms with Crippen molar-refractivity contribution >= 4 is 236 Å².